The van der Waals surface area contributed by atoms with Crippen LogP contribution in [0.2, 0.25) is 0 Å². The van der Waals surface area contributed by atoms with Gasteiger partial charge in [-0.05, 0) is 42.2 Å². The molecule has 2 unspecified atom stereocenters. The number of halogens is 1. The number of alkyl halides is 1. The molecule has 1 aliphatic carbocycles. The van der Waals surface area contributed by atoms with E-state index in [1.54, 1.807) is 0 Å². The number of hydrogen-bond donors (Lipinski definition) is 1. The number of thiophene rings is 1. The summed E-state index contributed by atoms with van der Waals surface area (Å²) in [5, 5.41) is 5.29. The standard InChI is InChI=1S/C13H18BrNOS/c1-8(2)12(14)13(16)15-10-4-3-5-11-9(10)6-7-17-11/h6-8,10,12H,3-5H2,1-2H3,(H,15,16). The van der Waals surface area contributed by atoms with Gasteiger partial charge < -0.3 is 5.32 Å². The number of carbonyl (C=O) groups is 1. The molecule has 94 valence electrons. The van der Waals surface area contributed by atoms with Gasteiger partial charge in [0.25, 0.3) is 0 Å². The maximum Gasteiger partial charge on any atom is 0.234 e. The van der Waals surface area contributed by atoms with Crippen LogP contribution in [0.4, 0.5) is 0 Å². The van der Waals surface area contributed by atoms with E-state index in [2.05, 4.69) is 46.5 Å². The molecule has 0 bridgehead atoms. The molecular formula is C13H18BrNOS. The van der Waals surface area contributed by atoms with Gasteiger partial charge in [-0.15, -0.1) is 11.3 Å². The Labute approximate surface area is 115 Å². The third-order valence-corrected chi connectivity index (χ3v) is 5.67. The molecule has 2 nitrogen and oxygen atoms in total. The number of fused-ring (bicyclic) bond motifs is 1. The molecule has 0 saturated carbocycles. The van der Waals surface area contributed by atoms with E-state index in [1.165, 1.54) is 23.3 Å². The summed E-state index contributed by atoms with van der Waals surface area (Å²) in [5.41, 5.74) is 1.33. The molecule has 0 spiro atoms. The third kappa shape index (κ3) is 2.91. The minimum absolute atomic E-state index is 0.0912. The molecule has 2 atom stereocenters. The van der Waals surface area contributed by atoms with Crippen LogP contribution in [-0.4, -0.2) is 10.7 Å². The van der Waals surface area contributed by atoms with Crippen LogP contribution in [0.25, 0.3) is 0 Å². The van der Waals surface area contributed by atoms with Crippen LogP contribution in [0.1, 0.15) is 43.2 Å². The van der Waals surface area contributed by atoms with Gasteiger partial charge >= 0.3 is 0 Å². The number of nitrogens with one attached hydrogen (secondary N) is 1. The Bertz CT molecular complexity index is 402. The third-order valence-electron chi connectivity index (χ3n) is 3.20. The van der Waals surface area contributed by atoms with Gasteiger partial charge in [0.05, 0.1) is 10.9 Å². The molecule has 0 aromatic carbocycles. The topological polar surface area (TPSA) is 29.1 Å². The lowest BCUT2D eigenvalue weighted by atomic mass is 9.94. The minimum atomic E-state index is -0.0912. The van der Waals surface area contributed by atoms with E-state index >= 15 is 0 Å². The first kappa shape index (κ1) is 13.1. The van der Waals surface area contributed by atoms with Crippen molar-refractivity contribution in [3.8, 4) is 0 Å². The monoisotopic (exact) mass is 315 g/mol. The number of hydrogen-bond acceptors (Lipinski definition) is 2. The van der Waals surface area contributed by atoms with Crippen LogP contribution in [0.3, 0.4) is 0 Å². The smallest absolute Gasteiger partial charge is 0.234 e. The number of rotatable bonds is 3. The van der Waals surface area contributed by atoms with Crippen LogP contribution in [0.5, 0.6) is 0 Å². The molecule has 0 saturated heterocycles. The summed E-state index contributed by atoms with van der Waals surface area (Å²) in [6.45, 7) is 4.10. The van der Waals surface area contributed by atoms with Crippen molar-refractivity contribution in [1.82, 2.24) is 5.32 Å². The summed E-state index contributed by atoms with van der Waals surface area (Å²) in [7, 11) is 0. The largest absolute Gasteiger partial charge is 0.348 e. The molecule has 2 rings (SSSR count). The zero-order chi connectivity index (χ0) is 12.4. The number of amides is 1. The quantitative estimate of drug-likeness (QED) is 0.847. The fraction of sp³-hybridized carbons (Fsp3) is 0.615. The van der Waals surface area contributed by atoms with Crippen LogP contribution >= 0.6 is 27.3 Å². The Balaban J connectivity index is 2.04. The fourth-order valence-electron chi connectivity index (χ4n) is 2.19. The summed E-state index contributed by atoms with van der Waals surface area (Å²) in [6, 6.07) is 2.37. The molecule has 0 radical (unpaired) electrons. The van der Waals surface area contributed by atoms with E-state index in [4.69, 9.17) is 0 Å². The Morgan fingerprint density at radius 1 is 1.59 bits per heavy atom. The maximum atomic E-state index is 12.0. The molecule has 4 heteroatoms. The van der Waals surface area contributed by atoms with Crippen molar-refractivity contribution in [3.63, 3.8) is 0 Å². The first-order valence-electron chi connectivity index (χ1n) is 6.10. The maximum absolute atomic E-state index is 12.0. The first-order valence-corrected chi connectivity index (χ1v) is 7.90. The Morgan fingerprint density at radius 2 is 2.35 bits per heavy atom. The number of aryl methyl sites for hydroxylation is 1. The summed E-state index contributed by atoms with van der Waals surface area (Å²) in [6.07, 6.45) is 3.40. The van der Waals surface area contributed by atoms with Gasteiger partial charge in [-0.2, -0.15) is 0 Å². The molecule has 1 aromatic heterocycles. The van der Waals surface area contributed by atoms with Crippen molar-refractivity contribution < 1.29 is 4.79 Å². The molecule has 1 aromatic rings. The zero-order valence-corrected chi connectivity index (χ0v) is 12.6. The first-order chi connectivity index (χ1) is 8.09. The number of carbonyl (C=O) groups excluding carboxylic acids is 1. The second-order valence-electron chi connectivity index (χ2n) is 4.90. The second-order valence-corrected chi connectivity index (χ2v) is 6.89. The molecule has 1 amide bonds. The molecular weight excluding hydrogens is 298 g/mol. The molecule has 0 fully saturated rings. The van der Waals surface area contributed by atoms with Crippen LogP contribution in [-0.2, 0) is 11.2 Å². The van der Waals surface area contributed by atoms with E-state index in [9.17, 15) is 4.79 Å². The Hall–Kier alpha value is -0.350. The summed E-state index contributed by atoms with van der Waals surface area (Å²) in [4.78, 5) is 13.4. The van der Waals surface area contributed by atoms with Gasteiger partial charge in [0.2, 0.25) is 5.91 Å². The fourth-order valence-corrected chi connectivity index (χ4v) is 3.31. The van der Waals surface area contributed by atoms with Gasteiger partial charge in [-0.1, -0.05) is 29.8 Å². The molecule has 1 aliphatic rings. The van der Waals surface area contributed by atoms with Gasteiger partial charge in [-0.25, -0.2) is 0 Å². The predicted octanol–water partition coefficient (Wildman–Crippen LogP) is 3.66. The molecule has 1 N–H and O–H groups in total. The lowest BCUT2D eigenvalue weighted by Gasteiger charge is -2.25. The van der Waals surface area contributed by atoms with Crippen molar-refractivity contribution in [2.45, 2.75) is 44.0 Å². The summed E-state index contributed by atoms with van der Waals surface area (Å²) < 4.78 is 0. The van der Waals surface area contributed by atoms with Gasteiger partial charge in [0.1, 0.15) is 0 Å². The van der Waals surface area contributed by atoms with E-state index in [0.29, 0.717) is 5.92 Å². The molecule has 17 heavy (non-hydrogen) atoms. The molecule has 0 aliphatic heterocycles. The van der Waals surface area contributed by atoms with Gasteiger partial charge in [0.15, 0.2) is 0 Å². The normalized spacial score (nSPS) is 21.1. The van der Waals surface area contributed by atoms with E-state index in [1.807, 2.05) is 11.3 Å². The van der Waals surface area contributed by atoms with Gasteiger partial charge in [-0.3, -0.25) is 4.79 Å². The van der Waals surface area contributed by atoms with Crippen LogP contribution in [0.15, 0.2) is 11.4 Å². The highest BCUT2D eigenvalue weighted by Crippen LogP contribution is 2.33. The Kier molecular flexibility index (Phi) is 4.26. The van der Waals surface area contributed by atoms with Crippen LogP contribution in [0, 0.1) is 5.92 Å². The highest BCUT2D eigenvalue weighted by molar-refractivity contribution is 9.10. The van der Waals surface area contributed by atoms with Crippen molar-refractivity contribution in [3.05, 3.63) is 21.9 Å². The van der Waals surface area contributed by atoms with Crippen molar-refractivity contribution >= 4 is 33.2 Å². The summed E-state index contributed by atoms with van der Waals surface area (Å²) in [5.74, 6) is 0.435. The average molecular weight is 316 g/mol. The lowest BCUT2D eigenvalue weighted by molar-refractivity contribution is -0.121. The minimum Gasteiger partial charge on any atom is -0.348 e. The summed E-state index contributed by atoms with van der Waals surface area (Å²) >= 11 is 5.26. The second kappa shape index (κ2) is 5.53. The van der Waals surface area contributed by atoms with Crippen molar-refractivity contribution in [1.29, 1.82) is 0 Å². The predicted molar refractivity (Wildman–Crippen MR) is 75.7 cm³/mol. The molecule has 1 heterocycles. The van der Waals surface area contributed by atoms with Gasteiger partial charge in [0, 0.05) is 4.88 Å². The average Bonchev–Trinajstić information content (AvgIpc) is 2.76. The van der Waals surface area contributed by atoms with E-state index < -0.39 is 0 Å². The lowest BCUT2D eigenvalue weighted by Crippen LogP contribution is -2.37. The van der Waals surface area contributed by atoms with Crippen molar-refractivity contribution in [2.75, 3.05) is 0 Å². The zero-order valence-electron chi connectivity index (χ0n) is 10.2. The Morgan fingerprint density at radius 3 is 3.06 bits per heavy atom. The van der Waals surface area contributed by atoms with E-state index in [-0.39, 0.29) is 16.8 Å². The highest BCUT2D eigenvalue weighted by Gasteiger charge is 2.26. The van der Waals surface area contributed by atoms with Crippen LogP contribution < -0.4 is 5.32 Å². The SMILES string of the molecule is CC(C)C(Br)C(=O)NC1CCCc2sccc21. The highest BCUT2D eigenvalue weighted by atomic mass is 79.9. The van der Waals surface area contributed by atoms with E-state index in [0.717, 1.165) is 6.42 Å². The van der Waals surface area contributed by atoms with Crippen molar-refractivity contribution in [2.24, 2.45) is 5.92 Å².